The van der Waals surface area contributed by atoms with Gasteiger partial charge in [-0.1, -0.05) is 60.1 Å². The number of aliphatic hydroxyl groups is 9. The van der Waals surface area contributed by atoms with Crippen LogP contribution in [0.3, 0.4) is 0 Å². The van der Waals surface area contributed by atoms with Crippen molar-refractivity contribution in [3.63, 3.8) is 0 Å². The Bertz CT molecular complexity index is 1840. The first-order chi connectivity index (χ1) is 30.8. The third-order valence-electron chi connectivity index (χ3n) is 19.1. The van der Waals surface area contributed by atoms with Crippen LogP contribution >= 0.6 is 0 Å². The Hall–Kier alpha value is -1.88. The van der Waals surface area contributed by atoms with Crippen molar-refractivity contribution >= 4 is 11.9 Å². The van der Waals surface area contributed by atoms with Gasteiger partial charge in [0, 0.05) is 0 Å². The third kappa shape index (κ3) is 7.83. The van der Waals surface area contributed by atoms with E-state index in [2.05, 4.69) is 54.5 Å². The molecule has 5 aliphatic carbocycles. The molecule has 0 unspecified atom stereocenters. The Morgan fingerprint density at radius 1 is 0.712 bits per heavy atom. The molecular weight excluding hydrogens is 865 g/mol. The molecule has 3 aliphatic heterocycles. The Morgan fingerprint density at radius 2 is 1.39 bits per heavy atom. The summed E-state index contributed by atoms with van der Waals surface area (Å²) < 4.78 is 40.9. The van der Waals surface area contributed by atoms with Crippen LogP contribution in [0.2, 0.25) is 0 Å². The summed E-state index contributed by atoms with van der Waals surface area (Å²) in [5.41, 5.74) is -0.803. The largest absolute Gasteiger partial charge is 0.467 e. The van der Waals surface area contributed by atoms with Crippen molar-refractivity contribution in [2.24, 2.45) is 50.2 Å². The van der Waals surface area contributed by atoms with Crippen molar-refractivity contribution in [1.29, 1.82) is 0 Å². The van der Waals surface area contributed by atoms with Gasteiger partial charge in [-0.15, -0.1) is 0 Å². The van der Waals surface area contributed by atoms with Crippen molar-refractivity contribution in [2.75, 3.05) is 20.3 Å². The topological polar surface area (TPSA) is 281 Å². The van der Waals surface area contributed by atoms with E-state index in [1.807, 2.05) is 0 Å². The average molecular weight is 941 g/mol. The van der Waals surface area contributed by atoms with Crippen LogP contribution in [0.1, 0.15) is 113 Å². The molecule has 22 atom stereocenters. The van der Waals surface area contributed by atoms with Crippen LogP contribution in [0.15, 0.2) is 11.6 Å². The number of carbonyl (C=O) groups excluding carboxylic acids is 2. The lowest BCUT2D eigenvalue weighted by molar-refractivity contribution is -0.366. The van der Waals surface area contributed by atoms with Gasteiger partial charge >= 0.3 is 11.9 Å². The van der Waals surface area contributed by atoms with Crippen LogP contribution in [0.4, 0.5) is 0 Å². The molecule has 4 saturated carbocycles. The van der Waals surface area contributed by atoms with Gasteiger partial charge in [0.15, 0.2) is 18.7 Å². The number of methoxy groups -OCH3 is 1. The number of allylic oxidation sites excluding steroid dienone is 2. The number of carbonyl (C=O) groups is 2. The van der Waals surface area contributed by atoms with E-state index in [4.69, 9.17) is 33.2 Å². The smallest absolute Gasteiger partial charge is 0.337 e. The lowest BCUT2D eigenvalue weighted by atomic mass is 9.33. The molecule has 0 spiro atoms. The molecule has 0 aromatic rings. The molecule has 3 heterocycles. The predicted molar refractivity (Wildman–Crippen MR) is 229 cm³/mol. The molecule has 8 rings (SSSR count). The zero-order valence-corrected chi connectivity index (χ0v) is 39.7. The van der Waals surface area contributed by atoms with E-state index in [9.17, 15) is 55.5 Å². The fourth-order valence-corrected chi connectivity index (χ4v) is 14.8. The molecule has 3 saturated heterocycles. The van der Waals surface area contributed by atoms with E-state index in [0.717, 1.165) is 52.1 Å². The minimum Gasteiger partial charge on any atom is -0.467 e. The van der Waals surface area contributed by atoms with Crippen molar-refractivity contribution in [3.8, 4) is 0 Å². The van der Waals surface area contributed by atoms with Crippen molar-refractivity contribution in [1.82, 2.24) is 0 Å². The molecule has 9 N–H and O–H groups in total. The van der Waals surface area contributed by atoms with Gasteiger partial charge in [-0.3, -0.25) is 4.79 Å². The van der Waals surface area contributed by atoms with Crippen molar-refractivity contribution in [3.05, 3.63) is 11.6 Å². The SMILES string of the molecule is COC(=O)[C@H]1O[C@@H](O[C@H]2CC[C@]3(C)[C@H]4CC=C5[C@@H]6CC(C)(C)CC[C@]6(C(=O)O[C@@H]6O[C@H](CO)[C@@H](O)[C@H](O)[C@H]6O)CC[C@@]5(C)[C@]4(C)CC[C@H]3C2(C)C)[C@H](O[C@H]2OC[C@@H](O)[C@H](O)[C@H]2O)[C@@H](O)[C@@H]1O. The second-order valence-electron chi connectivity index (χ2n) is 23.2. The minimum absolute atomic E-state index is 0.0649. The number of hydrogen-bond acceptors (Lipinski definition) is 18. The summed E-state index contributed by atoms with van der Waals surface area (Å²) in [6.07, 6.45) is -12.8. The maximum atomic E-state index is 14.7. The summed E-state index contributed by atoms with van der Waals surface area (Å²) in [6.45, 7) is 15.0. The highest BCUT2D eigenvalue weighted by Crippen LogP contribution is 2.76. The lowest BCUT2D eigenvalue weighted by Gasteiger charge is -2.71. The molecule has 376 valence electrons. The molecule has 0 aromatic heterocycles. The molecule has 0 aromatic carbocycles. The Labute approximate surface area is 386 Å². The summed E-state index contributed by atoms with van der Waals surface area (Å²) in [7, 11) is 1.13. The van der Waals surface area contributed by atoms with Gasteiger partial charge in [0.1, 0.15) is 61.0 Å². The molecule has 18 heteroatoms. The zero-order valence-electron chi connectivity index (χ0n) is 39.7. The van der Waals surface area contributed by atoms with E-state index in [1.54, 1.807) is 0 Å². The van der Waals surface area contributed by atoms with Gasteiger partial charge in [-0.25, -0.2) is 4.79 Å². The number of aliphatic hydroxyl groups excluding tert-OH is 9. The molecule has 18 nitrogen and oxygen atoms in total. The zero-order chi connectivity index (χ0) is 48.3. The first-order valence-corrected chi connectivity index (χ1v) is 24.1. The molecule has 0 bridgehead atoms. The van der Waals surface area contributed by atoms with Crippen LogP contribution in [-0.4, -0.2) is 170 Å². The number of rotatable bonds is 8. The van der Waals surface area contributed by atoms with Crippen LogP contribution < -0.4 is 0 Å². The first kappa shape index (κ1) is 50.5. The predicted octanol–water partition coefficient (Wildman–Crippen LogP) is 0.960. The molecule has 7 fully saturated rings. The van der Waals surface area contributed by atoms with Gasteiger partial charge in [0.05, 0.1) is 31.8 Å². The van der Waals surface area contributed by atoms with E-state index < -0.39 is 121 Å². The maximum Gasteiger partial charge on any atom is 0.337 e. The number of ether oxygens (including phenoxy) is 7. The first-order valence-electron chi connectivity index (χ1n) is 24.1. The van der Waals surface area contributed by atoms with Gasteiger partial charge in [0.2, 0.25) is 6.29 Å². The minimum atomic E-state index is -1.79. The molecule has 8 aliphatic rings. The average Bonchev–Trinajstić information content (AvgIpc) is 3.26. The second kappa shape index (κ2) is 17.8. The summed E-state index contributed by atoms with van der Waals surface area (Å²) in [5.74, 6) is -1.18. The standard InChI is InChI=1S/C48H76O18/c1-43(2)15-17-48(42(59)66-40-35(57)31(53)30(52)25(20-49)62-40)18-16-46(6)22(23(48)19-43)9-10-27-45(5)13-12-28(44(3,4)26(45)11-14-47(27,46)7)63-41-37(33(55)32(54)36(64-41)38(58)60-8)65-39-34(56)29(51)24(50)21-61-39/h9,23-37,39-41,49-57H,10-21H2,1-8H3/t23-,24+,25+,26-,27+,28-,29-,30+,31-,32-,33-,34+,35+,36-,37+,39+,40-,41+,45-,46+,47+,48-/m0/s1. The summed E-state index contributed by atoms with van der Waals surface area (Å²) >= 11 is 0. The van der Waals surface area contributed by atoms with Gasteiger partial charge in [-0.2, -0.15) is 0 Å². The van der Waals surface area contributed by atoms with E-state index in [-0.39, 0.29) is 46.0 Å². The van der Waals surface area contributed by atoms with E-state index in [0.29, 0.717) is 19.3 Å². The number of hydrogen-bond donors (Lipinski definition) is 9. The molecule has 0 radical (unpaired) electrons. The molecule has 0 amide bonds. The summed E-state index contributed by atoms with van der Waals surface area (Å²) in [5, 5.41) is 95.2. The Balaban J connectivity index is 1.05. The monoisotopic (exact) mass is 941 g/mol. The third-order valence-corrected chi connectivity index (χ3v) is 19.1. The highest BCUT2D eigenvalue weighted by molar-refractivity contribution is 5.79. The lowest BCUT2D eigenvalue weighted by Crippen LogP contribution is -2.67. The Kier molecular flexibility index (Phi) is 13.6. The fourth-order valence-electron chi connectivity index (χ4n) is 14.8. The fraction of sp³-hybridized carbons (Fsp3) is 0.917. The Morgan fingerprint density at radius 3 is 2.08 bits per heavy atom. The highest BCUT2D eigenvalue weighted by atomic mass is 16.8. The molecular formula is C48H76O18. The number of esters is 2. The normalized spacial score (nSPS) is 52.0. The van der Waals surface area contributed by atoms with Crippen molar-refractivity contribution in [2.45, 2.75) is 205 Å². The molecule has 66 heavy (non-hydrogen) atoms. The van der Waals surface area contributed by atoms with Crippen LogP contribution in [-0.2, 0) is 42.7 Å². The second-order valence-corrected chi connectivity index (χ2v) is 23.2. The van der Waals surface area contributed by atoms with Crippen LogP contribution in [0.25, 0.3) is 0 Å². The van der Waals surface area contributed by atoms with E-state index in [1.165, 1.54) is 5.57 Å². The summed E-state index contributed by atoms with van der Waals surface area (Å²) in [6, 6.07) is 0. The van der Waals surface area contributed by atoms with Gasteiger partial charge in [-0.05, 0) is 109 Å². The van der Waals surface area contributed by atoms with Crippen molar-refractivity contribution < 1.29 is 88.7 Å². The quantitative estimate of drug-likeness (QED) is 0.0931. The van der Waals surface area contributed by atoms with Gasteiger partial charge in [0.25, 0.3) is 0 Å². The number of fused-ring (bicyclic) bond motifs is 7. The maximum absolute atomic E-state index is 14.7. The van der Waals surface area contributed by atoms with E-state index >= 15 is 0 Å². The highest BCUT2D eigenvalue weighted by Gasteiger charge is 2.70. The van der Waals surface area contributed by atoms with Gasteiger partial charge < -0.3 is 79.1 Å². The van der Waals surface area contributed by atoms with Crippen LogP contribution in [0, 0.1) is 50.2 Å². The summed E-state index contributed by atoms with van der Waals surface area (Å²) in [4.78, 5) is 27.5. The van der Waals surface area contributed by atoms with Crippen LogP contribution in [0.5, 0.6) is 0 Å².